The van der Waals surface area contributed by atoms with Crippen molar-refractivity contribution < 1.29 is 27.9 Å². The van der Waals surface area contributed by atoms with Crippen molar-refractivity contribution in [2.75, 3.05) is 13.2 Å². The van der Waals surface area contributed by atoms with Crippen LogP contribution in [0, 0.1) is 24.5 Å². The molecular formula is C47H48F2N10O5. The molecule has 1 unspecified atom stereocenters. The van der Waals surface area contributed by atoms with Gasteiger partial charge in [-0.15, -0.1) is 5.48 Å². The van der Waals surface area contributed by atoms with Crippen molar-refractivity contribution in [2.45, 2.75) is 89.6 Å². The molecule has 1 saturated carbocycles. The van der Waals surface area contributed by atoms with Gasteiger partial charge in [0.05, 0.1) is 51.4 Å². The number of hydrogen-bond acceptors (Lipinski definition) is 8. The van der Waals surface area contributed by atoms with Crippen molar-refractivity contribution in [3.8, 4) is 17.2 Å². The number of ether oxygens (including phenoxy) is 1. The molecule has 2 saturated heterocycles. The number of imidazole rings is 1. The van der Waals surface area contributed by atoms with E-state index in [1.54, 1.807) is 58.7 Å². The molecule has 4 aliphatic rings. The second-order valence-electron chi connectivity index (χ2n) is 18.5. The summed E-state index contributed by atoms with van der Waals surface area (Å²) in [6.07, 6.45) is 6.10. The van der Waals surface area contributed by atoms with Crippen molar-refractivity contribution in [3.63, 3.8) is 0 Å². The lowest BCUT2D eigenvalue weighted by molar-refractivity contribution is -0.0592. The Morgan fingerprint density at radius 1 is 0.969 bits per heavy atom. The number of nitrogens with one attached hydrogen (secondary N) is 2. The minimum atomic E-state index is -0.716. The lowest BCUT2D eigenvalue weighted by Gasteiger charge is -2.36. The van der Waals surface area contributed by atoms with Crippen LogP contribution in [0.1, 0.15) is 91.8 Å². The molecule has 1 aliphatic carbocycles. The summed E-state index contributed by atoms with van der Waals surface area (Å²) in [5.74, 6) is -0.524. The van der Waals surface area contributed by atoms with E-state index in [9.17, 15) is 14.0 Å². The molecule has 3 fully saturated rings. The number of fused-ring (bicyclic) bond motifs is 3. The Labute approximate surface area is 366 Å². The van der Waals surface area contributed by atoms with E-state index in [2.05, 4.69) is 59.4 Å². The van der Waals surface area contributed by atoms with Gasteiger partial charge < -0.3 is 19.0 Å². The van der Waals surface area contributed by atoms with Crippen LogP contribution in [0.25, 0.3) is 39.0 Å². The first kappa shape index (κ1) is 40.2. The summed E-state index contributed by atoms with van der Waals surface area (Å²) in [6, 6.07) is 15.6. The number of amides is 2. The Morgan fingerprint density at radius 3 is 2.48 bits per heavy atom. The minimum Gasteiger partial charge on any atom is -0.376 e. The van der Waals surface area contributed by atoms with E-state index in [4.69, 9.17) is 14.7 Å². The van der Waals surface area contributed by atoms with E-state index >= 15 is 9.18 Å². The predicted octanol–water partition coefficient (Wildman–Crippen LogP) is 6.98. The number of halogens is 2. The van der Waals surface area contributed by atoms with Crippen LogP contribution < -0.4 is 16.5 Å². The van der Waals surface area contributed by atoms with E-state index in [1.165, 1.54) is 33.2 Å². The molecule has 7 heterocycles. The molecule has 11 rings (SSSR count). The summed E-state index contributed by atoms with van der Waals surface area (Å²) < 4.78 is 44.8. The molecule has 2 N–H and O–H groups in total. The van der Waals surface area contributed by atoms with E-state index in [-0.39, 0.29) is 34.4 Å². The molecule has 0 spiro atoms. The summed E-state index contributed by atoms with van der Waals surface area (Å²) in [7, 11) is 1.72. The number of nitrogens with zero attached hydrogens (tertiary/aromatic N) is 8. The highest BCUT2D eigenvalue weighted by atomic mass is 19.1. The van der Waals surface area contributed by atoms with Gasteiger partial charge in [0, 0.05) is 55.5 Å². The first-order valence-electron chi connectivity index (χ1n) is 21.8. The van der Waals surface area contributed by atoms with Crippen molar-refractivity contribution in [1.29, 1.82) is 0 Å². The monoisotopic (exact) mass is 870 g/mol. The maximum absolute atomic E-state index is 16.1. The Morgan fingerprint density at radius 2 is 1.75 bits per heavy atom. The second kappa shape index (κ2) is 14.2. The average Bonchev–Trinajstić information content (AvgIpc) is 3.89. The third-order valence-electron chi connectivity index (χ3n) is 14.2. The normalized spacial score (nSPS) is 24.0. The van der Waals surface area contributed by atoms with Gasteiger partial charge in [-0.1, -0.05) is 13.0 Å². The van der Waals surface area contributed by atoms with E-state index in [0.717, 1.165) is 23.7 Å². The maximum Gasteiger partial charge on any atom is 0.427 e. The first-order valence-corrected chi connectivity index (χ1v) is 21.8. The van der Waals surface area contributed by atoms with Gasteiger partial charge in [0.1, 0.15) is 23.5 Å². The maximum atomic E-state index is 16.1. The number of carbonyl (C=O) groups is 2. The molecule has 7 aromatic rings. The zero-order valence-electron chi connectivity index (χ0n) is 36.4. The zero-order valence-corrected chi connectivity index (χ0v) is 36.4. The van der Waals surface area contributed by atoms with Crippen LogP contribution >= 0.6 is 0 Å². The number of rotatable bonds is 7. The first-order chi connectivity index (χ1) is 30.6. The fraction of sp³-hybridized carbons (Fsp3) is 0.383. The Bertz CT molecular complexity index is 3160. The van der Waals surface area contributed by atoms with Gasteiger partial charge in [-0.3, -0.25) is 23.9 Å². The fourth-order valence-corrected chi connectivity index (χ4v) is 10.7. The third kappa shape index (κ3) is 6.00. The molecule has 3 aromatic carbocycles. The molecule has 0 radical (unpaired) electrons. The van der Waals surface area contributed by atoms with Crippen LogP contribution in [-0.2, 0) is 28.6 Å². The van der Waals surface area contributed by atoms with Crippen molar-refractivity contribution in [3.05, 3.63) is 123 Å². The largest absolute Gasteiger partial charge is 0.427 e. The highest BCUT2D eigenvalue weighted by molar-refractivity contribution is 6.00. The van der Waals surface area contributed by atoms with Crippen LogP contribution in [-0.4, -0.2) is 75.1 Å². The van der Waals surface area contributed by atoms with Gasteiger partial charge in [-0.2, -0.15) is 10.2 Å². The Hall–Kier alpha value is -6.59. The summed E-state index contributed by atoms with van der Waals surface area (Å²) in [5, 5.41) is 13.3. The lowest BCUT2D eigenvalue weighted by Crippen LogP contribution is -2.49. The molecule has 15 nitrogen and oxygen atoms in total. The van der Waals surface area contributed by atoms with Crippen molar-refractivity contribution >= 4 is 33.8 Å². The molecular weight excluding hydrogens is 823 g/mol. The van der Waals surface area contributed by atoms with E-state index in [1.807, 2.05) is 13.0 Å². The summed E-state index contributed by atoms with van der Waals surface area (Å²) in [6.45, 7) is 10.9. The van der Waals surface area contributed by atoms with Crippen molar-refractivity contribution in [2.24, 2.45) is 13.0 Å². The standard InChI is InChI=1S/C47H48F2N10O5/c1-25-19-31(8-9-33(25)48)59-41(57-17-16-56(45(57)62)37-12-11-36-32(40(37)49)24-50-54(36)6)39-27(3)55(15-13-34(39)52-59)42(60)38-21-30-20-28(29-14-18-63-46(4,5)23-29)7-10-35(30)58(38)47(22-26(47)2)43-51-44(61)64-53-43/h7-12,16-17,19-21,24,26-27,29,43,53H,13-15,18,22-23H2,1-6H3,(H,51,61)/t26-,27-,29-,43?,47-/m0/s1. The number of hydroxylamine groups is 1. The number of aryl methyl sites for hydroxylation is 2. The number of carbonyl (C=O) groups excluding carboxylic acids is 2. The number of hydrogen-bond donors (Lipinski definition) is 2. The molecule has 3 aliphatic heterocycles. The summed E-state index contributed by atoms with van der Waals surface area (Å²) >= 11 is 0. The topological polar surface area (TPSA) is 147 Å². The van der Waals surface area contributed by atoms with Gasteiger partial charge >= 0.3 is 11.8 Å². The molecule has 2 amide bonds. The number of aromatic nitrogens is 7. The predicted molar refractivity (Wildman–Crippen MR) is 233 cm³/mol. The third-order valence-corrected chi connectivity index (χ3v) is 14.2. The zero-order chi connectivity index (χ0) is 44.6. The Balaban J connectivity index is 1.04. The van der Waals surface area contributed by atoms with Crippen LogP contribution in [0.5, 0.6) is 0 Å². The van der Waals surface area contributed by atoms with Gasteiger partial charge in [0.2, 0.25) is 0 Å². The lowest BCUT2D eigenvalue weighted by atomic mass is 9.83. The molecule has 0 bridgehead atoms. The highest BCUT2D eigenvalue weighted by Crippen LogP contribution is 2.55. The molecule has 4 aromatic heterocycles. The van der Waals surface area contributed by atoms with Gasteiger partial charge in [0.25, 0.3) is 5.91 Å². The fourth-order valence-electron chi connectivity index (χ4n) is 10.7. The van der Waals surface area contributed by atoms with Gasteiger partial charge in [-0.25, -0.2) is 23.1 Å². The minimum absolute atomic E-state index is 0.0461. The van der Waals surface area contributed by atoms with Crippen LogP contribution in [0.3, 0.4) is 0 Å². The van der Waals surface area contributed by atoms with Gasteiger partial charge in [-0.05, 0) is 118 Å². The average molecular weight is 871 g/mol. The van der Waals surface area contributed by atoms with Crippen molar-refractivity contribution in [1.82, 2.24) is 49.0 Å². The SMILES string of the molecule is Cc1cc(-n2nc3c(c2-n2ccn(-c4ccc5c(cnn5C)c4F)c2=O)[C@H](C)N(C(=O)c2cc4cc([C@H]5CCOC(C)(C)C5)ccc4n2[C@@]2(C4NOC(=O)N4)C[C@@H]2C)CC3)ccc1F. The van der Waals surface area contributed by atoms with E-state index in [0.29, 0.717) is 65.5 Å². The molecule has 330 valence electrons. The smallest absolute Gasteiger partial charge is 0.376 e. The molecule has 5 atom stereocenters. The highest BCUT2D eigenvalue weighted by Gasteiger charge is 2.62. The summed E-state index contributed by atoms with van der Waals surface area (Å²) in [4.78, 5) is 49.6. The van der Waals surface area contributed by atoms with Crippen LogP contribution in [0.15, 0.2) is 78.0 Å². The molecule has 64 heavy (non-hydrogen) atoms. The molecule has 17 heteroatoms. The van der Waals surface area contributed by atoms with E-state index < -0.39 is 41.2 Å². The quantitative estimate of drug-likeness (QED) is 0.175. The van der Waals surface area contributed by atoms with Crippen LogP contribution in [0.2, 0.25) is 0 Å². The summed E-state index contributed by atoms with van der Waals surface area (Å²) in [5.41, 5.74) is 6.67. The Kier molecular flexibility index (Phi) is 8.92. The van der Waals surface area contributed by atoms with Gasteiger partial charge in [0.15, 0.2) is 5.82 Å². The second-order valence-corrected chi connectivity index (χ2v) is 18.5. The van der Waals surface area contributed by atoms with Crippen LogP contribution in [0.4, 0.5) is 13.6 Å². The number of benzene rings is 3.